The van der Waals surface area contributed by atoms with Gasteiger partial charge in [-0.2, -0.15) is 5.10 Å². The second kappa shape index (κ2) is 8.00. The molecule has 152 valence electrons. The van der Waals surface area contributed by atoms with Crippen LogP contribution in [0.1, 0.15) is 27.4 Å². The average molecular weight is 405 g/mol. The van der Waals surface area contributed by atoms with Gasteiger partial charge in [0.2, 0.25) is 0 Å². The lowest BCUT2D eigenvalue weighted by Crippen LogP contribution is -2.19. The SMILES string of the molecule is COCc1nn2c(C)c(C(=O)Nc3ccc(C)cc3F)nnc2c1-c1ccccc1. The van der Waals surface area contributed by atoms with Gasteiger partial charge >= 0.3 is 0 Å². The molecule has 1 N–H and O–H groups in total. The topological polar surface area (TPSA) is 81.4 Å². The molecule has 8 heteroatoms. The maximum Gasteiger partial charge on any atom is 0.278 e. The molecule has 0 bridgehead atoms. The number of hydrogen-bond donors (Lipinski definition) is 1. The summed E-state index contributed by atoms with van der Waals surface area (Å²) in [5.74, 6) is -1.07. The number of aromatic nitrogens is 4. The Bertz CT molecular complexity index is 1240. The third kappa shape index (κ3) is 3.53. The summed E-state index contributed by atoms with van der Waals surface area (Å²) in [7, 11) is 1.59. The van der Waals surface area contributed by atoms with E-state index >= 15 is 0 Å². The number of aryl methyl sites for hydroxylation is 2. The van der Waals surface area contributed by atoms with Gasteiger partial charge in [-0.05, 0) is 37.1 Å². The molecule has 0 spiro atoms. The zero-order valence-electron chi connectivity index (χ0n) is 16.8. The lowest BCUT2D eigenvalue weighted by Gasteiger charge is -2.09. The van der Waals surface area contributed by atoms with Crippen molar-refractivity contribution in [2.75, 3.05) is 12.4 Å². The summed E-state index contributed by atoms with van der Waals surface area (Å²) in [5.41, 5.74) is 4.32. The van der Waals surface area contributed by atoms with E-state index in [2.05, 4.69) is 20.6 Å². The Hall–Kier alpha value is -3.65. The minimum absolute atomic E-state index is 0.0635. The Morgan fingerprint density at radius 3 is 2.60 bits per heavy atom. The molecule has 0 fully saturated rings. The maximum absolute atomic E-state index is 14.1. The van der Waals surface area contributed by atoms with E-state index in [0.29, 0.717) is 17.0 Å². The largest absolute Gasteiger partial charge is 0.378 e. The van der Waals surface area contributed by atoms with Gasteiger partial charge in [0.15, 0.2) is 11.3 Å². The van der Waals surface area contributed by atoms with Crippen molar-refractivity contribution in [1.82, 2.24) is 19.8 Å². The summed E-state index contributed by atoms with van der Waals surface area (Å²) in [5, 5.41) is 15.5. The van der Waals surface area contributed by atoms with Gasteiger partial charge in [-0.25, -0.2) is 8.91 Å². The summed E-state index contributed by atoms with van der Waals surface area (Å²) in [6.07, 6.45) is 0. The number of anilines is 1. The quantitative estimate of drug-likeness (QED) is 0.544. The number of hydrogen-bond acceptors (Lipinski definition) is 5. The van der Waals surface area contributed by atoms with Crippen LogP contribution in [0.4, 0.5) is 10.1 Å². The Morgan fingerprint density at radius 1 is 1.13 bits per heavy atom. The van der Waals surface area contributed by atoms with Crippen LogP contribution in [0.5, 0.6) is 0 Å². The maximum atomic E-state index is 14.1. The second-order valence-corrected chi connectivity index (χ2v) is 6.93. The fraction of sp³-hybridized carbons (Fsp3) is 0.182. The molecule has 2 aromatic heterocycles. The van der Waals surface area contributed by atoms with Crippen molar-refractivity contribution in [2.45, 2.75) is 20.5 Å². The van der Waals surface area contributed by atoms with E-state index in [1.807, 2.05) is 30.3 Å². The van der Waals surface area contributed by atoms with Crippen LogP contribution in [0.2, 0.25) is 0 Å². The van der Waals surface area contributed by atoms with Crippen LogP contribution < -0.4 is 5.32 Å². The number of carbonyl (C=O) groups is 1. The number of amides is 1. The minimum Gasteiger partial charge on any atom is -0.378 e. The first-order valence-electron chi connectivity index (χ1n) is 9.36. The number of ether oxygens (including phenoxy) is 1. The Balaban J connectivity index is 1.78. The summed E-state index contributed by atoms with van der Waals surface area (Å²) < 4.78 is 21.0. The molecular formula is C22H20FN5O2. The Morgan fingerprint density at radius 2 is 1.90 bits per heavy atom. The molecule has 0 aliphatic heterocycles. The molecule has 4 rings (SSSR count). The van der Waals surface area contributed by atoms with Crippen LogP contribution in [-0.4, -0.2) is 32.8 Å². The zero-order valence-corrected chi connectivity index (χ0v) is 16.8. The third-order valence-electron chi connectivity index (χ3n) is 4.77. The molecule has 0 atom stereocenters. The van der Waals surface area contributed by atoms with E-state index in [0.717, 1.165) is 16.7 Å². The fourth-order valence-electron chi connectivity index (χ4n) is 3.30. The lowest BCUT2D eigenvalue weighted by molar-refractivity contribution is 0.101. The minimum atomic E-state index is -0.560. The molecular weight excluding hydrogens is 385 g/mol. The van der Waals surface area contributed by atoms with Crippen LogP contribution >= 0.6 is 0 Å². The number of halogens is 1. The van der Waals surface area contributed by atoms with Gasteiger partial charge < -0.3 is 10.1 Å². The van der Waals surface area contributed by atoms with Crippen LogP contribution in [0.15, 0.2) is 48.5 Å². The van der Waals surface area contributed by atoms with Crippen molar-refractivity contribution < 1.29 is 13.9 Å². The number of rotatable bonds is 5. The van der Waals surface area contributed by atoms with Crippen molar-refractivity contribution in [1.29, 1.82) is 0 Å². The zero-order chi connectivity index (χ0) is 21.3. The first-order valence-corrected chi connectivity index (χ1v) is 9.36. The van der Waals surface area contributed by atoms with E-state index in [-0.39, 0.29) is 18.0 Å². The predicted molar refractivity (Wildman–Crippen MR) is 111 cm³/mol. The van der Waals surface area contributed by atoms with E-state index < -0.39 is 11.7 Å². The normalized spacial score (nSPS) is 11.1. The Labute approximate surface area is 172 Å². The second-order valence-electron chi connectivity index (χ2n) is 6.93. The highest BCUT2D eigenvalue weighted by atomic mass is 19.1. The van der Waals surface area contributed by atoms with Gasteiger partial charge in [-0.1, -0.05) is 36.4 Å². The molecule has 0 saturated heterocycles. The van der Waals surface area contributed by atoms with Crippen molar-refractivity contribution in [3.05, 3.63) is 77.0 Å². The standard InChI is InChI=1S/C22H20FN5O2/c1-13-9-10-17(16(23)11-13)24-22(29)20-14(2)28-21(26-25-20)19(18(27-28)12-30-3)15-7-5-4-6-8-15/h4-11H,12H2,1-3H3,(H,24,29). The number of fused-ring (bicyclic) bond motifs is 1. The van der Waals surface area contributed by atoms with Gasteiger partial charge in [0, 0.05) is 7.11 Å². The Kier molecular flexibility index (Phi) is 5.24. The highest BCUT2D eigenvalue weighted by molar-refractivity contribution is 6.03. The highest BCUT2D eigenvalue weighted by Gasteiger charge is 2.22. The van der Waals surface area contributed by atoms with Crippen molar-refractivity contribution in [3.63, 3.8) is 0 Å². The molecule has 0 radical (unpaired) electrons. The first-order chi connectivity index (χ1) is 14.5. The number of carbonyl (C=O) groups excluding carboxylic acids is 1. The van der Waals surface area contributed by atoms with Crippen LogP contribution in [0, 0.1) is 19.7 Å². The first kappa shape index (κ1) is 19.7. The molecule has 0 aliphatic carbocycles. The average Bonchev–Trinajstić information content (AvgIpc) is 3.10. The number of nitrogens with one attached hydrogen (secondary N) is 1. The van der Waals surface area contributed by atoms with Crippen LogP contribution in [-0.2, 0) is 11.3 Å². The van der Waals surface area contributed by atoms with Gasteiger partial charge in [-0.3, -0.25) is 4.79 Å². The fourth-order valence-corrected chi connectivity index (χ4v) is 3.30. The summed E-state index contributed by atoms with van der Waals surface area (Å²) in [4.78, 5) is 12.8. The lowest BCUT2D eigenvalue weighted by atomic mass is 10.1. The summed E-state index contributed by atoms with van der Waals surface area (Å²) in [6.45, 7) is 3.78. The number of methoxy groups -OCH3 is 1. The van der Waals surface area contributed by atoms with Gasteiger partial charge in [0.1, 0.15) is 5.82 Å². The third-order valence-corrected chi connectivity index (χ3v) is 4.77. The molecule has 4 aromatic rings. The van der Waals surface area contributed by atoms with Crippen molar-refractivity contribution in [2.24, 2.45) is 0 Å². The van der Waals surface area contributed by atoms with Crippen LogP contribution in [0.3, 0.4) is 0 Å². The van der Waals surface area contributed by atoms with Crippen molar-refractivity contribution in [3.8, 4) is 11.1 Å². The van der Waals surface area contributed by atoms with E-state index in [4.69, 9.17) is 4.74 Å². The van der Waals surface area contributed by atoms with Gasteiger partial charge in [-0.15, -0.1) is 10.2 Å². The van der Waals surface area contributed by atoms with E-state index in [9.17, 15) is 9.18 Å². The summed E-state index contributed by atoms with van der Waals surface area (Å²) >= 11 is 0. The monoisotopic (exact) mass is 405 g/mol. The van der Waals surface area contributed by atoms with Gasteiger partial charge in [0.25, 0.3) is 5.91 Å². The highest BCUT2D eigenvalue weighted by Crippen LogP contribution is 2.28. The molecule has 0 saturated carbocycles. The molecule has 0 aliphatic rings. The molecule has 2 heterocycles. The van der Waals surface area contributed by atoms with E-state index in [1.54, 1.807) is 31.5 Å². The van der Waals surface area contributed by atoms with Gasteiger partial charge in [0.05, 0.1) is 29.2 Å². The molecule has 7 nitrogen and oxygen atoms in total. The van der Waals surface area contributed by atoms with Crippen LogP contribution in [0.25, 0.3) is 16.8 Å². The molecule has 0 unspecified atom stereocenters. The van der Waals surface area contributed by atoms with Crippen molar-refractivity contribution >= 4 is 17.2 Å². The van der Waals surface area contributed by atoms with E-state index in [1.165, 1.54) is 12.1 Å². The number of benzene rings is 2. The molecule has 1 amide bonds. The molecule has 30 heavy (non-hydrogen) atoms. The molecule has 2 aromatic carbocycles. The summed E-state index contributed by atoms with van der Waals surface area (Å²) in [6, 6.07) is 14.3. The smallest absolute Gasteiger partial charge is 0.278 e. The predicted octanol–water partition coefficient (Wildman–Crippen LogP) is 3.95. The number of nitrogens with zero attached hydrogens (tertiary/aromatic N) is 4.